The monoisotopic (exact) mass is 386 g/mol. The number of fused-ring (bicyclic) bond motifs is 1. The summed E-state index contributed by atoms with van der Waals surface area (Å²) in [6, 6.07) is 8.36. The summed E-state index contributed by atoms with van der Waals surface area (Å²) in [4.78, 5) is 12.9. The zero-order chi connectivity index (χ0) is 19.9. The van der Waals surface area contributed by atoms with Gasteiger partial charge in [0.1, 0.15) is 17.1 Å². The van der Waals surface area contributed by atoms with Gasteiger partial charge in [-0.2, -0.15) is 4.80 Å². The zero-order valence-corrected chi connectivity index (χ0v) is 16.6. The van der Waals surface area contributed by atoms with Gasteiger partial charge in [-0.05, 0) is 53.3 Å². The quantitative estimate of drug-likeness (QED) is 0.713. The number of halogens is 1. The van der Waals surface area contributed by atoms with E-state index >= 15 is 0 Å². The Balaban J connectivity index is 2.25. The van der Waals surface area contributed by atoms with E-state index in [4.69, 9.17) is 17.3 Å². The van der Waals surface area contributed by atoms with Gasteiger partial charge in [-0.3, -0.25) is 4.79 Å². The SMILES string of the molecule is Cc1cc(-n2nc3ccc(Cl)cc3n2)c(C[C@H](N)C(=O)O)c(C(C)(C)C)c1. The van der Waals surface area contributed by atoms with Crippen LogP contribution in [0.2, 0.25) is 5.02 Å². The zero-order valence-electron chi connectivity index (χ0n) is 15.8. The van der Waals surface area contributed by atoms with Crippen molar-refractivity contribution >= 4 is 28.6 Å². The molecule has 0 amide bonds. The van der Waals surface area contributed by atoms with Gasteiger partial charge in [0.05, 0.1) is 5.69 Å². The van der Waals surface area contributed by atoms with E-state index in [0.717, 1.165) is 22.4 Å². The van der Waals surface area contributed by atoms with E-state index in [1.807, 2.05) is 19.1 Å². The predicted molar refractivity (Wildman–Crippen MR) is 107 cm³/mol. The normalized spacial score (nSPS) is 13.1. The molecular weight excluding hydrogens is 364 g/mol. The first-order chi connectivity index (χ1) is 12.6. The summed E-state index contributed by atoms with van der Waals surface area (Å²) in [6.45, 7) is 8.27. The average molecular weight is 387 g/mol. The lowest BCUT2D eigenvalue weighted by Gasteiger charge is -2.26. The van der Waals surface area contributed by atoms with Crippen LogP contribution in [-0.4, -0.2) is 32.1 Å². The summed E-state index contributed by atoms with van der Waals surface area (Å²) in [7, 11) is 0. The molecule has 0 fully saturated rings. The molecule has 0 aliphatic carbocycles. The summed E-state index contributed by atoms with van der Waals surface area (Å²) < 4.78 is 0. The Bertz CT molecular complexity index is 1020. The van der Waals surface area contributed by atoms with Crippen LogP contribution in [0.1, 0.15) is 37.5 Å². The second kappa shape index (κ2) is 6.94. The highest BCUT2D eigenvalue weighted by molar-refractivity contribution is 6.31. The minimum absolute atomic E-state index is 0.190. The Kier molecular flexibility index (Phi) is 4.97. The largest absolute Gasteiger partial charge is 0.480 e. The maximum Gasteiger partial charge on any atom is 0.320 e. The van der Waals surface area contributed by atoms with Crippen LogP contribution in [0, 0.1) is 6.92 Å². The van der Waals surface area contributed by atoms with Crippen LogP contribution in [0.3, 0.4) is 0 Å². The topological polar surface area (TPSA) is 94.0 Å². The van der Waals surface area contributed by atoms with Crippen molar-refractivity contribution in [2.24, 2.45) is 5.73 Å². The van der Waals surface area contributed by atoms with Gasteiger partial charge in [0.2, 0.25) is 0 Å². The first kappa shape index (κ1) is 19.3. The molecule has 2 aromatic carbocycles. The standard InChI is InChI=1S/C20H23ClN4O2/c1-11-7-14(20(2,3)4)13(10-15(22)19(26)27)18(8-11)25-23-16-6-5-12(21)9-17(16)24-25/h5-9,15H,10,22H2,1-4H3,(H,26,27)/t15-/m0/s1. The molecule has 0 aliphatic rings. The fourth-order valence-electron chi connectivity index (χ4n) is 3.16. The second-order valence-corrected chi connectivity index (χ2v) is 8.27. The van der Waals surface area contributed by atoms with Crippen molar-refractivity contribution in [2.75, 3.05) is 0 Å². The van der Waals surface area contributed by atoms with Crippen molar-refractivity contribution < 1.29 is 9.90 Å². The molecule has 7 heteroatoms. The molecule has 6 nitrogen and oxygen atoms in total. The molecule has 3 N–H and O–H groups in total. The number of nitrogens with two attached hydrogens (primary N) is 1. The Hall–Kier alpha value is -2.44. The summed E-state index contributed by atoms with van der Waals surface area (Å²) in [5.74, 6) is -1.04. The van der Waals surface area contributed by atoms with Gasteiger partial charge in [-0.15, -0.1) is 10.2 Å². The van der Waals surface area contributed by atoms with Crippen LogP contribution in [0.15, 0.2) is 30.3 Å². The summed E-state index contributed by atoms with van der Waals surface area (Å²) >= 11 is 6.06. The number of hydrogen-bond acceptors (Lipinski definition) is 4. The van der Waals surface area contributed by atoms with Gasteiger partial charge >= 0.3 is 5.97 Å². The average Bonchev–Trinajstić information content (AvgIpc) is 2.97. The van der Waals surface area contributed by atoms with Crippen LogP contribution in [0.5, 0.6) is 0 Å². The van der Waals surface area contributed by atoms with Crippen LogP contribution >= 0.6 is 11.6 Å². The van der Waals surface area contributed by atoms with Crippen molar-refractivity contribution in [3.05, 3.63) is 52.0 Å². The third-order valence-electron chi connectivity index (χ3n) is 4.48. The Morgan fingerprint density at radius 3 is 2.52 bits per heavy atom. The van der Waals surface area contributed by atoms with Crippen molar-refractivity contribution in [3.8, 4) is 5.69 Å². The Labute approximate surface area is 162 Å². The van der Waals surface area contributed by atoms with E-state index in [9.17, 15) is 9.90 Å². The Morgan fingerprint density at radius 2 is 1.89 bits per heavy atom. The molecule has 0 unspecified atom stereocenters. The third-order valence-corrected chi connectivity index (χ3v) is 4.71. The molecule has 0 aliphatic heterocycles. The number of carboxylic acids is 1. The van der Waals surface area contributed by atoms with Gasteiger partial charge in [0, 0.05) is 11.4 Å². The molecule has 0 spiro atoms. The van der Waals surface area contributed by atoms with Gasteiger partial charge in [0.25, 0.3) is 0 Å². The summed E-state index contributed by atoms with van der Waals surface area (Å²) in [5.41, 5.74) is 10.7. The Morgan fingerprint density at radius 1 is 1.22 bits per heavy atom. The lowest BCUT2D eigenvalue weighted by molar-refractivity contribution is -0.138. The fourth-order valence-corrected chi connectivity index (χ4v) is 3.33. The van der Waals surface area contributed by atoms with E-state index in [1.165, 1.54) is 0 Å². The number of rotatable bonds is 4. The smallest absolute Gasteiger partial charge is 0.320 e. The van der Waals surface area contributed by atoms with Crippen LogP contribution < -0.4 is 5.73 Å². The van der Waals surface area contributed by atoms with E-state index in [1.54, 1.807) is 16.9 Å². The van der Waals surface area contributed by atoms with Crippen LogP contribution in [0.4, 0.5) is 0 Å². The summed E-state index contributed by atoms with van der Waals surface area (Å²) in [6.07, 6.45) is 0.191. The highest BCUT2D eigenvalue weighted by atomic mass is 35.5. The maximum atomic E-state index is 11.4. The van der Waals surface area contributed by atoms with Crippen molar-refractivity contribution in [1.82, 2.24) is 15.0 Å². The van der Waals surface area contributed by atoms with Crippen molar-refractivity contribution in [1.29, 1.82) is 0 Å². The van der Waals surface area contributed by atoms with Gasteiger partial charge in [0.15, 0.2) is 0 Å². The predicted octanol–water partition coefficient (Wildman–Crippen LogP) is 3.63. The molecule has 3 rings (SSSR count). The third kappa shape index (κ3) is 3.96. The highest BCUT2D eigenvalue weighted by Crippen LogP contribution is 2.32. The molecule has 27 heavy (non-hydrogen) atoms. The lowest BCUT2D eigenvalue weighted by Crippen LogP contribution is -2.34. The second-order valence-electron chi connectivity index (χ2n) is 7.83. The molecule has 0 saturated carbocycles. The van der Waals surface area contributed by atoms with Gasteiger partial charge in [-0.1, -0.05) is 38.4 Å². The van der Waals surface area contributed by atoms with Crippen molar-refractivity contribution in [2.45, 2.75) is 45.6 Å². The molecule has 3 aromatic rings. The van der Waals surface area contributed by atoms with Crippen LogP contribution in [0.25, 0.3) is 16.7 Å². The molecule has 142 valence electrons. The number of carbonyl (C=O) groups is 1. The molecule has 1 atom stereocenters. The highest BCUT2D eigenvalue weighted by Gasteiger charge is 2.25. The molecule has 0 radical (unpaired) electrons. The number of aliphatic carboxylic acids is 1. The maximum absolute atomic E-state index is 11.4. The van der Waals surface area contributed by atoms with E-state index in [-0.39, 0.29) is 11.8 Å². The number of benzene rings is 2. The number of aryl methyl sites for hydroxylation is 1. The van der Waals surface area contributed by atoms with E-state index < -0.39 is 12.0 Å². The minimum atomic E-state index is -1.04. The van der Waals surface area contributed by atoms with Crippen LogP contribution in [-0.2, 0) is 16.6 Å². The first-order valence-electron chi connectivity index (χ1n) is 8.71. The van der Waals surface area contributed by atoms with Gasteiger partial charge in [-0.25, -0.2) is 0 Å². The number of carboxylic acid groups (broad SMARTS) is 1. The van der Waals surface area contributed by atoms with Gasteiger partial charge < -0.3 is 10.8 Å². The molecule has 0 bridgehead atoms. The van der Waals surface area contributed by atoms with E-state index in [0.29, 0.717) is 16.1 Å². The minimum Gasteiger partial charge on any atom is -0.480 e. The van der Waals surface area contributed by atoms with Crippen molar-refractivity contribution in [3.63, 3.8) is 0 Å². The summed E-state index contributed by atoms with van der Waals surface area (Å²) in [5, 5.41) is 19.0. The molecule has 1 heterocycles. The first-order valence-corrected chi connectivity index (χ1v) is 9.09. The molecule has 1 aromatic heterocycles. The lowest BCUT2D eigenvalue weighted by atomic mass is 9.80. The molecular formula is C20H23ClN4O2. The number of hydrogen-bond donors (Lipinski definition) is 2. The van der Waals surface area contributed by atoms with E-state index in [2.05, 4.69) is 37.0 Å². The fraction of sp³-hybridized carbons (Fsp3) is 0.350. The number of nitrogens with zero attached hydrogens (tertiary/aromatic N) is 3. The number of aromatic nitrogens is 3. The molecule has 0 saturated heterocycles.